The van der Waals surface area contributed by atoms with Crippen molar-refractivity contribution in [2.24, 2.45) is 5.92 Å². The maximum absolute atomic E-state index is 13.9. The highest BCUT2D eigenvalue weighted by molar-refractivity contribution is 7.92. The Bertz CT molecular complexity index is 1250. The summed E-state index contributed by atoms with van der Waals surface area (Å²) in [6.45, 7) is 1.42. The van der Waals surface area contributed by atoms with Gasteiger partial charge in [-0.25, -0.2) is 17.6 Å². The van der Waals surface area contributed by atoms with Crippen LogP contribution in [0.2, 0.25) is 0 Å². The number of carbonyl (C=O) groups is 3. The van der Waals surface area contributed by atoms with Gasteiger partial charge in [-0.2, -0.15) is 0 Å². The fraction of sp³-hybridized carbons (Fsp3) is 0.348. The number of amides is 4. The molecule has 0 aromatic heterocycles. The Labute approximate surface area is 196 Å². The molecule has 2 aliphatic rings. The molecule has 0 bridgehead atoms. The third-order valence-corrected chi connectivity index (χ3v) is 7.71. The number of hydrogen-bond donors (Lipinski definition) is 3. The predicted octanol–water partition coefficient (Wildman–Crippen LogP) is 3.07. The Morgan fingerprint density at radius 1 is 1.18 bits per heavy atom. The summed E-state index contributed by atoms with van der Waals surface area (Å²) in [5.41, 5.74) is -1.03. The van der Waals surface area contributed by atoms with Crippen LogP contribution in [-0.4, -0.2) is 43.2 Å². The van der Waals surface area contributed by atoms with Crippen LogP contribution in [0.1, 0.15) is 32.6 Å². The first-order chi connectivity index (χ1) is 16.1. The van der Waals surface area contributed by atoms with E-state index in [0.29, 0.717) is 6.42 Å². The van der Waals surface area contributed by atoms with E-state index in [1.165, 1.54) is 42.5 Å². The zero-order valence-electron chi connectivity index (χ0n) is 18.5. The third-order valence-electron chi connectivity index (χ3n) is 6.35. The summed E-state index contributed by atoms with van der Waals surface area (Å²) in [4.78, 5) is 38.8. The van der Waals surface area contributed by atoms with E-state index in [-0.39, 0.29) is 22.2 Å². The topological polar surface area (TPSA) is 125 Å². The molecule has 2 aromatic carbocycles. The van der Waals surface area contributed by atoms with Gasteiger partial charge in [0.05, 0.1) is 10.6 Å². The summed E-state index contributed by atoms with van der Waals surface area (Å²) in [6.07, 6.45) is 3.15. The molecule has 9 nitrogen and oxygen atoms in total. The van der Waals surface area contributed by atoms with Crippen molar-refractivity contribution in [3.8, 4) is 0 Å². The minimum Gasteiger partial charge on any atom is -0.324 e. The normalized spacial score (nSPS) is 22.5. The maximum atomic E-state index is 13.9. The summed E-state index contributed by atoms with van der Waals surface area (Å²) in [5.74, 6) is -1.82. The van der Waals surface area contributed by atoms with Crippen LogP contribution in [0.4, 0.5) is 20.6 Å². The van der Waals surface area contributed by atoms with Gasteiger partial charge in [0, 0.05) is 5.69 Å². The second-order valence-corrected chi connectivity index (χ2v) is 10.3. The zero-order chi connectivity index (χ0) is 24.5. The van der Waals surface area contributed by atoms with Crippen LogP contribution in [0, 0.1) is 11.7 Å². The minimum absolute atomic E-state index is 0.0328. The van der Waals surface area contributed by atoms with Gasteiger partial charge in [-0.15, -0.1) is 0 Å². The number of sulfonamides is 1. The van der Waals surface area contributed by atoms with Crippen LogP contribution in [-0.2, 0) is 19.6 Å². The van der Waals surface area contributed by atoms with Gasteiger partial charge in [0.2, 0.25) is 5.91 Å². The van der Waals surface area contributed by atoms with E-state index in [9.17, 15) is 27.2 Å². The standard InChI is InChI=1S/C23H25FN4O5S/c1-15-7-4-5-12-23(15)21(30)28(22(31)26-23)14-20(29)25-16-8-6-9-17(13-16)34(32,33)27-19-11-3-2-10-18(19)24/h2-3,6,8-11,13,15,27H,4-5,7,12,14H2,1H3,(H,25,29)(H,26,31)/t15-,23-/m0/s1. The first kappa shape index (κ1) is 23.7. The highest BCUT2D eigenvalue weighted by atomic mass is 32.2. The van der Waals surface area contributed by atoms with Crippen LogP contribution in [0.25, 0.3) is 0 Å². The SMILES string of the molecule is C[C@H]1CCCC[C@]12NC(=O)N(CC(=O)Nc1cccc(S(=O)(=O)Nc3ccccc3F)c1)C2=O. The zero-order valence-corrected chi connectivity index (χ0v) is 19.3. The van der Waals surface area contributed by atoms with Crippen molar-refractivity contribution in [1.82, 2.24) is 10.2 Å². The summed E-state index contributed by atoms with van der Waals surface area (Å²) in [6, 6.07) is 10.1. The Balaban J connectivity index is 1.45. The molecular formula is C23H25FN4O5S. The van der Waals surface area contributed by atoms with Crippen molar-refractivity contribution >= 4 is 39.2 Å². The lowest BCUT2D eigenvalue weighted by Gasteiger charge is -2.36. The number of nitrogens with zero attached hydrogens (tertiary/aromatic N) is 1. The van der Waals surface area contributed by atoms with Crippen molar-refractivity contribution in [2.75, 3.05) is 16.6 Å². The molecule has 1 aliphatic carbocycles. The average Bonchev–Trinajstić information content (AvgIpc) is 3.02. The molecule has 180 valence electrons. The maximum Gasteiger partial charge on any atom is 0.325 e. The fourth-order valence-electron chi connectivity index (χ4n) is 4.47. The molecular weight excluding hydrogens is 463 g/mol. The third kappa shape index (κ3) is 4.47. The smallest absolute Gasteiger partial charge is 0.324 e. The number of anilines is 2. The van der Waals surface area contributed by atoms with Crippen molar-refractivity contribution in [1.29, 1.82) is 0 Å². The molecule has 0 radical (unpaired) electrons. The summed E-state index contributed by atoms with van der Waals surface area (Å²) in [7, 11) is -4.13. The Kier molecular flexibility index (Phi) is 6.30. The van der Waals surface area contributed by atoms with Crippen molar-refractivity contribution < 1.29 is 27.2 Å². The van der Waals surface area contributed by atoms with Crippen LogP contribution >= 0.6 is 0 Å². The number of nitrogens with one attached hydrogen (secondary N) is 3. The predicted molar refractivity (Wildman–Crippen MR) is 123 cm³/mol. The first-order valence-electron chi connectivity index (χ1n) is 10.9. The molecule has 11 heteroatoms. The number of benzene rings is 2. The van der Waals surface area contributed by atoms with Crippen molar-refractivity contribution in [2.45, 2.75) is 43.0 Å². The van der Waals surface area contributed by atoms with Gasteiger partial charge < -0.3 is 10.6 Å². The number of carbonyl (C=O) groups excluding carboxylic acids is 3. The summed E-state index contributed by atoms with van der Waals surface area (Å²) in [5, 5.41) is 5.31. The van der Waals surface area contributed by atoms with Gasteiger partial charge >= 0.3 is 6.03 Å². The van der Waals surface area contributed by atoms with E-state index in [2.05, 4.69) is 15.4 Å². The molecule has 0 unspecified atom stereocenters. The molecule has 34 heavy (non-hydrogen) atoms. The summed E-state index contributed by atoms with van der Waals surface area (Å²) >= 11 is 0. The molecule has 4 rings (SSSR count). The monoisotopic (exact) mass is 488 g/mol. The molecule has 1 spiro atoms. The van der Waals surface area contributed by atoms with Crippen molar-refractivity contribution in [3.63, 3.8) is 0 Å². The van der Waals surface area contributed by atoms with E-state index in [4.69, 9.17) is 0 Å². The van der Waals surface area contributed by atoms with E-state index in [1.54, 1.807) is 0 Å². The number of rotatable bonds is 6. The van der Waals surface area contributed by atoms with E-state index >= 15 is 0 Å². The van der Waals surface area contributed by atoms with E-state index < -0.39 is 45.8 Å². The number of para-hydroxylation sites is 1. The number of hydrogen-bond acceptors (Lipinski definition) is 5. The molecule has 1 saturated heterocycles. The molecule has 1 saturated carbocycles. The lowest BCUT2D eigenvalue weighted by molar-refractivity contribution is -0.136. The molecule has 1 aliphatic heterocycles. The molecule has 1 heterocycles. The molecule has 2 aromatic rings. The lowest BCUT2D eigenvalue weighted by Crippen LogP contribution is -2.54. The second-order valence-electron chi connectivity index (χ2n) is 8.60. The van der Waals surface area contributed by atoms with Gasteiger partial charge in [0.25, 0.3) is 15.9 Å². The number of imide groups is 1. The van der Waals surface area contributed by atoms with Gasteiger partial charge in [-0.05, 0) is 49.1 Å². The lowest BCUT2D eigenvalue weighted by atomic mass is 9.73. The molecule has 3 N–H and O–H groups in total. The van der Waals surface area contributed by atoms with Crippen LogP contribution < -0.4 is 15.4 Å². The fourth-order valence-corrected chi connectivity index (χ4v) is 5.58. The molecule has 2 atom stereocenters. The Morgan fingerprint density at radius 3 is 2.68 bits per heavy atom. The van der Waals surface area contributed by atoms with Crippen LogP contribution in [0.15, 0.2) is 53.4 Å². The summed E-state index contributed by atoms with van der Waals surface area (Å²) < 4.78 is 41.3. The van der Waals surface area contributed by atoms with Crippen LogP contribution in [0.5, 0.6) is 0 Å². The number of urea groups is 1. The van der Waals surface area contributed by atoms with E-state index in [0.717, 1.165) is 30.2 Å². The van der Waals surface area contributed by atoms with Gasteiger partial charge in [0.1, 0.15) is 17.9 Å². The molecule has 4 amide bonds. The highest BCUT2D eigenvalue weighted by Gasteiger charge is 2.55. The number of halogens is 1. The molecule has 2 fully saturated rings. The second kappa shape index (κ2) is 9.05. The van der Waals surface area contributed by atoms with Crippen LogP contribution in [0.3, 0.4) is 0 Å². The Morgan fingerprint density at radius 2 is 1.94 bits per heavy atom. The largest absolute Gasteiger partial charge is 0.325 e. The first-order valence-corrected chi connectivity index (χ1v) is 12.4. The van der Waals surface area contributed by atoms with Gasteiger partial charge in [0.15, 0.2) is 0 Å². The van der Waals surface area contributed by atoms with Gasteiger partial charge in [-0.1, -0.05) is 38.0 Å². The Hall–Kier alpha value is -3.47. The van der Waals surface area contributed by atoms with Gasteiger partial charge in [-0.3, -0.25) is 19.2 Å². The minimum atomic E-state index is -4.13. The van der Waals surface area contributed by atoms with E-state index in [1.807, 2.05) is 6.92 Å². The van der Waals surface area contributed by atoms with Crippen molar-refractivity contribution in [3.05, 3.63) is 54.3 Å². The average molecular weight is 489 g/mol. The quantitative estimate of drug-likeness (QED) is 0.539. The highest BCUT2D eigenvalue weighted by Crippen LogP contribution is 2.38.